The molecule has 27 heavy (non-hydrogen) atoms. The molecule has 2 atom stereocenters. The Morgan fingerprint density at radius 3 is 2.85 bits per heavy atom. The van der Waals surface area contributed by atoms with Crippen LogP contribution in [0.2, 0.25) is 5.15 Å². The van der Waals surface area contributed by atoms with Gasteiger partial charge in [-0.1, -0.05) is 22.9 Å². The molecule has 0 spiro atoms. The monoisotopic (exact) mass is 409 g/mol. The van der Waals surface area contributed by atoms with Gasteiger partial charge in [-0.15, -0.1) is 0 Å². The first-order valence-electron chi connectivity index (χ1n) is 9.53. The number of hydrogen-bond acceptors (Lipinski definition) is 8. The smallest absolute Gasteiger partial charge is 0.186 e. The Morgan fingerprint density at radius 1 is 1.30 bits per heavy atom. The second-order valence-electron chi connectivity index (χ2n) is 7.43. The molecular formula is C18H24ClN5O2S. The number of pyridine rings is 1. The van der Waals surface area contributed by atoms with Crippen LogP contribution in [0.15, 0.2) is 6.07 Å². The van der Waals surface area contributed by atoms with Crippen LogP contribution >= 0.6 is 22.9 Å². The van der Waals surface area contributed by atoms with Gasteiger partial charge in [-0.05, 0) is 12.5 Å². The number of rotatable bonds is 5. The van der Waals surface area contributed by atoms with Gasteiger partial charge in [0.15, 0.2) is 10.9 Å². The topological polar surface area (TPSA) is 54.0 Å². The number of methoxy groups -OCH3 is 1. The molecular weight excluding hydrogens is 386 g/mol. The number of piperazine rings is 1. The molecule has 3 fully saturated rings. The lowest BCUT2D eigenvalue weighted by Crippen LogP contribution is -2.47. The van der Waals surface area contributed by atoms with E-state index in [1.54, 1.807) is 18.4 Å². The molecule has 0 radical (unpaired) electrons. The maximum Gasteiger partial charge on any atom is 0.186 e. The van der Waals surface area contributed by atoms with Crippen molar-refractivity contribution in [3.05, 3.63) is 11.2 Å². The van der Waals surface area contributed by atoms with Crippen molar-refractivity contribution in [2.24, 2.45) is 0 Å². The van der Waals surface area contributed by atoms with E-state index >= 15 is 0 Å². The summed E-state index contributed by atoms with van der Waals surface area (Å²) >= 11 is 8.06. The first kappa shape index (κ1) is 17.9. The molecule has 2 unspecified atom stereocenters. The number of halogens is 1. The third-order valence-electron chi connectivity index (χ3n) is 5.74. The minimum atomic E-state index is 0.323. The van der Waals surface area contributed by atoms with Gasteiger partial charge in [-0.2, -0.15) is 0 Å². The molecule has 5 heterocycles. The lowest BCUT2D eigenvalue weighted by Gasteiger charge is -2.34. The molecule has 2 aromatic rings. The third kappa shape index (κ3) is 3.38. The predicted molar refractivity (Wildman–Crippen MR) is 108 cm³/mol. The zero-order valence-electron chi connectivity index (χ0n) is 15.4. The largest absolute Gasteiger partial charge is 0.383 e. The molecule has 0 amide bonds. The molecule has 0 aromatic carbocycles. The fourth-order valence-corrected chi connectivity index (χ4v) is 5.55. The van der Waals surface area contributed by atoms with Gasteiger partial charge in [0.25, 0.3) is 0 Å². The maximum atomic E-state index is 6.34. The van der Waals surface area contributed by atoms with E-state index in [0.29, 0.717) is 17.3 Å². The van der Waals surface area contributed by atoms with Crippen molar-refractivity contribution in [2.45, 2.75) is 18.6 Å². The van der Waals surface area contributed by atoms with Gasteiger partial charge in [0.1, 0.15) is 10.7 Å². The summed E-state index contributed by atoms with van der Waals surface area (Å²) in [6.45, 7) is 7.50. The molecule has 0 aliphatic carbocycles. The van der Waals surface area contributed by atoms with E-state index in [-0.39, 0.29) is 0 Å². The zero-order chi connectivity index (χ0) is 18.4. The highest BCUT2D eigenvalue weighted by molar-refractivity contribution is 7.22. The van der Waals surface area contributed by atoms with E-state index in [0.717, 1.165) is 80.1 Å². The summed E-state index contributed by atoms with van der Waals surface area (Å²) in [6, 6.07) is 2.35. The summed E-state index contributed by atoms with van der Waals surface area (Å²) in [5.41, 5.74) is 0.980. The van der Waals surface area contributed by atoms with Gasteiger partial charge < -0.3 is 19.3 Å². The lowest BCUT2D eigenvalue weighted by atomic mass is 10.2. The summed E-state index contributed by atoms with van der Waals surface area (Å²) in [5, 5.41) is 1.61. The van der Waals surface area contributed by atoms with Crippen LogP contribution in [0.1, 0.15) is 6.42 Å². The third-order valence-corrected chi connectivity index (χ3v) is 7.00. The Hall–Kier alpha value is -1.19. The molecule has 2 aromatic heterocycles. The molecule has 7 nitrogen and oxygen atoms in total. The average molecular weight is 410 g/mol. The standard InChI is InChI=1S/C18H24ClN5O2S/c1-25-7-6-22-2-4-23(5-3-22)18-21-16-14(27-18)9-15(19)20-17(16)24-10-13-8-12(24)11-26-13/h9,12-13H,2-8,10-11H2,1H3. The highest BCUT2D eigenvalue weighted by Crippen LogP contribution is 2.39. The van der Waals surface area contributed by atoms with Gasteiger partial charge >= 0.3 is 0 Å². The Labute approximate surface area is 167 Å². The number of morpholine rings is 1. The van der Waals surface area contributed by atoms with E-state index < -0.39 is 0 Å². The molecule has 0 N–H and O–H groups in total. The van der Waals surface area contributed by atoms with Gasteiger partial charge in [-0.3, -0.25) is 4.90 Å². The highest BCUT2D eigenvalue weighted by atomic mass is 35.5. The Bertz CT molecular complexity index is 825. The maximum absolute atomic E-state index is 6.34. The minimum absolute atomic E-state index is 0.323. The van der Waals surface area contributed by atoms with E-state index in [2.05, 4.69) is 19.7 Å². The number of ether oxygens (including phenoxy) is 2. The van der Waals surface area contributed by atoms with Crippen LogP contribution in [-0.2, 0) is 9.47 Å². The number of hydrogen-bond donors (Lipinski definition) is 0. The molecule has 146 valence electrons. The van der Waals surface area contributed by atoms with Crippen LogP contribution in [0.3, 0.4) is 0 Å². The van der Waals surface area contributed by atoms with Gasteiger partial charge in [0, 0.05) is 46.4 Å². The van der Waals surface area contributed by atoms with E-state index in [1.165, 1.54) is 0 Å². The van der Waals surface area contributed by atoms with Crippen LogP contribution in [-0.4, -0.2) is 86.6 Å². The van der Waals surface area contributed by atoms with Crippen molar-refractivity contribution in [3.63, 3.8) is 0 Å². The van der Waals surface area contributed by atoms with Crippen LogP contribution in [0.25, 0.3) is 10.2 Å². The Kier molecular flexibility index (Phi) is 4.85. The van der Waals surface area contributed by atoms with Gasteiger partial charge in [0.2, 0.25) is 0 Å². The lowest BCUT2D eigenvalue weighted by molar-refractivity contribution is 0.0990. The number of fused-ring (bicyclic) bond motifs is 3. The summed E-state index contributed by atoms with van der Waals surface area (Å²) in [7, 11) is 1.76. The molecule has 5 rings (SSSR count). The van der Waals surface area contributed by atoms with Crippen LogP contribution in [0, 0.1) is 0 Å². The summed E-state index contributed by atoms with van der Waals surface area (Å²) in [6.07, 6.45) is 1.40. The van der Waals surface area contributed by atoms with Crippen molar-refractivity contribution >= 4 is 44.1 Å². The SMILES string of the molecule is COCCN1CCN(c2nc3c(N4CC5CC4CO5)nc(Cl)cc3s2)CC1. The molecule has 2 bridgehead atoms. The second kappa shape index (κ2) is 7.33. The molecule has 3 saturated heterocycles. The number of nitrogens with zero attached hydrogens (tertiary/aromatic N) is 5. The summed E-state index contributed by atoms with van der Waals surface area (Å²) < 4.78 is 12.0. The number of aromatic nitrogens is 2. The fourth-order valence-electron chi connectivity index (χ4n) is 4.25. The quantitative estimate of drug-likeness (QED) is 0.701. The van der Waals surface area contributed by atoms with Crippen LogP contribution in [0.5, 0.6) is 0 Å². The zero-order valence-corrected chi connectivity index (χ0v) is 17.0. The van der Waals surface area contributed by atoms with Gasteiger partial charge in [-0.25, -0.2) is 9.97 Å². The van der Waals surface area contributed by atoms with Crippen molar-refractivity contribution in [3.8, 4) is 0 Å². The van der Waals surface area contributed by atoms with Crippen molar-refractivity contribution in [1.29, 1.82) is 0 Å². The first-order chi connectivity index (χ1) is 13.2. The van der Waals surface area contributed by atoms with Crippen molar-refractivity contribution in [2.75, 3.05) is 69.4 Å². The summed E-state index contributed by atoms with van der Waals surface area (Å²) in [5.74, 6) is 0.925. The van der Waals surface area contributed by atoms with Crippen LogP contribution in [0.4, 0.5) is 10.9 Å². The summed E-state index contributed by atoms with van der Waals surface area (Å²) in [4.78, 5) is 16.8. The van der Waals surface area contributed by atoms with E-state index in [1.807, 2.05) is 6.07 Å². The van der Waals surface area contributed by atoms with Crippen molar-refractivity contribution in [1.82, 2.24) is 14.9 Å². The highest BCUT2D eigenvalue weighted by Gasteiger charge is 2.40. The van der Waals surface area contributed by atoms with E-state index in [4.69, 9.17) is 26.1 Å². The van der Waals surface area contributed by atoms with E-state index in [9.17, 15) is 0 Å². The Morgan fingerprint density at radius 2 is 2.15 bits per heavy atom. The van der Waals surface area contributed by atoms with Crippen LogP contribution < -0.4 is 9.80 Å². The minimum Gasteiger partial charge on any atom is -0.383 e. The molecule has 3 aliphatic rings. The average Bonchev–Trinajstić information content (AvgIpc) is 3.41. The molecule has 9 heteroatoms. The molecule has 3 aliphatic heterocycles. The normalized spacial score (nSPS) is 25.9. The number of anilines is 2. The number of thiazole rings is 1. The first-order valence-corrected chi connectivity index (χ1v) is 10.7. The fraction of sp³-hybridized carbons (Fsp3) is 0.667. The van der Waals surface area contributed by atoms with Gasteiger partial charge in [0.05, 0.1) is 30.1 Å². The van der Waals surface area contributed by atoms with Crippen molar-refractivity contribution < 1.29 is 9.47 Å². The molecule has 0 saturated carbocycles. The Balaban J connectivity index is 1.39. The predicted octanol–water partition coefficient (Wildman–Crippen LogP) is 2.09. The second-order valence-corrected chi connectivity index (χ2v) is 8.83.